The third-order valence-electron chi connectivity index (χ3n) is 4.94. The van der Waals surface area contributed by atoms with E-state index in [1.54, 1.807) is 44.2 Å². The molecule has 3 rings (SSSR count). The van der Waals surface area contributed by atoms with Gasteiger partial charge in [-0.05, 0) is 55.2 Å². The number of aliphatic hydroxyl groups excluding tert-OH is 2. The summed E-state index contributed by atoms with van der Waals surface area (Å²) in [5.74, 6) is 4.75. The van der Waals surface area contributed by atoms with Gasteiger partial charge in [-0.25, -0.2) is 0 Å². The number of methoxy groups -OCH3 is 1. The molecule has 0 atom stereocenters. The van der Waals surface area contributed by atoms with E-state index in [0.717, 1.165) is 0 Å². The minimum atomic E-state index is -0.796. The van der Waals surface area contributed by atoms with Crippen molar-refractivity contribution < 1.29 is 34.1 Å². The Hall–Kier alpha value is -3.87. The van der Waals surface area contributed by atoms with Gasteiger partial charge in [0.2, 0.25) is 5.78 Å². The first kappa shape index (κ1) is 23.8. The Morgan fingerprint density at radius 2 is 1.94 bits per heavy atom. The molecule has 0 radical (unpaired) electrons. The number of nitro benzene ring substituents is 1. The molecule has 0 aromatic heterocycles. The van der Waals surface area contributed by atoms with Gasteiger partial charge in [0.25, 0.3) is 5.69 Å². The molecule has 0 bridgehead atoms. The van der Waals surface area contributed by atoms with Gasteiger partial charge >= 0.3 is 0 Å². The summed E-state index contributed by atoms with van der Waals surface area (Å²) in [4.78, 5) is 23.8. The molecule has 0 fully saturated rings. The molecule has 33 heavy (non-hydrogen) atoms. The standard InChI is InChI=1S/C24H23NO8/c1-24(2)9-8-18-21(33-24)12-19(25(29)30)22(23(18)31-3)20(28)5-4-10-32-17-7-6-15(13-26)16(11-17)14-27/h6-9,11-12,26-27H,10,13-14H2,1-3H3. The van der Waals surface area contributed by atoms with Crippen molar-refractivity contribution in [1.29, 1.82) is 0 Å². The summed E-state index contributed by atoms with van der Waals surface area (Å²) in [6, 6.07) is 5.96. The van der Waals surface area contributed by atoms with Crippen LogP contribution in [0.2, 0.25) is 0 Å². The van der Waals surface area contributed by atoms with Crippen LogP contribution in [-0.2, 0) is 13.2 Å². The normalized spacial score (nSPS) is 13.2. The smallest absolute Gasteiger partial charge is 0.288 e. The molecule has 0 saturated carbocycles. The monoisotopic (exact) mass is 453 g/mol. The maximum absolute atomic E-state index is 12.8. The van der Waals surface area contributed by atoms with Crippen LogP contribution in [-0.4, -0.2) is 40.2 Å². The summed E-state index contributed by atoms with van der Waals surface area (Å²) in [7, 11) is 1.31. The highest BCUT2D eigenvalue weighted by atomic mass is 16.6. The Labute approximate surface area is 190 Å². The molecule has 9 heteroatoms. The second kappa shape index (κ2) is 9.73. The molecule has 2 aromatic carbocycles. The number of aliphatic hydroxyl groups is 2. The number of hydrogen-bond acceptors (Lipinski definition) is 8. The van der Waals surface area contributed by atoms with Gasteiger partial charge in [0.1, 0.15) is 29.5 Å². The average Bonchev–Trinajstić information content (AvgIpc) is 2.79. The fourth-order valence-electron chi connectivity index (χ4n) is 3.35. The van der Waals surface area contributed by atoms with E-state index < -0.39 is 22.0 Å². The first-order valence-corrected chi connectivity index (χ1v) is 9.98. The van der Waals surface area contributed by atoms with Gasteiger partial charge in [-0.1, -0.05) is 12.0 Å². The van der Waals surface area contributed by atoms with Gasteiger partial charge in [0.05, 0.1) is 36.9 Å². The van der Waals surface area contributed by atoms with Gasteiger partial charge in [-0.3, -0.25) is 14.9 Å². The first-order valence-electron chi connectivity index (χ1n) is 9.98. The number of carbonyl (C=O) groups excluding carboxylic acids is 1. The number of nitro groups is 1. The summed E-state index contributed by atoms with van der Waals surface area (Å²) in [6.07, 6.45) is 3.46. The zero-order valence-electron chi connectivity index (χ0n) is 18.4. The summed E-state index contributed by atoms with van der Waals surface area (Å²) >= 11 is 0. The van der Waals surface area contributed by atoms with Crippen LogP contribution in [0.15, 0.2) is 30.3 Å². The van der Waals surface area contributed by atoms with Gasteiger partial charge in [-0.2, -0.15) is 0 Å². The molecule has 0 saturated heterocycles. The van der Waals surface area contributed by atoms with Crippen LogP contribution in [0.5, 0.6) is 17.2 Å². The molecule has 2 N–H and O–H groups in total. The van der Waals surface area contributed by atoms with E-state index in [4.69, 9.17) is 14.2 Å². The van der Waals surface area contributed by atoms with Crippen molar-refractivity contribution >= 4 is 17.5 Å². The number of rotatable bonds is 7. The third-order valence-corrected chi connectivity index (χ3v) is 4.94. The predicted octanol–water partition coefficient (Wildman–Crippen LogP) is 3.04. The average molecular weight is 453 g/mol. The van der Waals surface area contributed by atoms with Crippen molar-refractivity contribution in [3.05, 3.63) is 62.7 Å². The third kappa shape index (κ3) is 5.14. The quantitative estimate of drug-likeness (QED) is 0.215. The molecule has 1 aliphatic heterocycles. The lowest BCUT2D eigenvalue weighted by Crippen LogP contribution is -2.28. The van der Waals surface area contributed by atoms with Crippen LogP contribution in [0.25, 0.3) is 6.08 Å². The van der Waals surface area contributed by atoms with Crippen LogP contribution in [0, 0.1) is 22.0 Å². The van der Waals surface area contributed by atoms with E-state index >= 15 is 0 Å². The number of hydrogen-bond donors (Lipinski definition) is 2. The number of carbonyl (C=O) groups is 1. The van der Waals surface area contributed by atoms with Crippen molar-refractivity contribution in [3.8, 4) is 29.1 Å². The fraction of sp³-hybridized carbons (Fsp3) is 0.292. The molecular formula is C24H23NO8. The number of fused-ring (bicyclic) bond motifs is 1. The highest BCUT2D eigenvalue weighted by Crippen LogP contribution is 2.43. The Balaban J connectivity index is 1.88. The van der Waals surface area contributed by atoms with Crippen LogP contribution >= 0.6 is 0 Å². The minimum Gasteiger partial charge on any atom is -0.495 e. The molecule has 0 aliphatic carbocycles. The molecular weight excluding hydrogens is 430 g/mol. The number of Topliss-reactive ketones (excluding diaryl/α,β-unsaturated/α-hetero) is 1. The molecule has 1 heterocycles. The minimum absolute atomic E-state index is 0.0124. The van der Waals surface area contributed by atoms with Crippen LogP contribution in [0.3, 0.4) is 0 Å². The van der Waals surface area contributed by atoms with Crippen LogP contribution in [0.1, 0.15) is 40.9 Å². The lowest BCUT2D eigenvalue weighted by atomic mass is 9.96. The van der Waals surface area contributed by atoms with Crippen molar-refractivity contribution in [1.82, 2.24) is 0 Å². The van der Waals surface area contributed by atoms with E-state index in [1.807, 2.05) is 0 Å². The van der Waals surface area contributed by atoms with Gasteiger partial charge < -0.3 is 24.4 Å². The zero-order chi connectivity index (χ0) is 24.2. The second-order valence-corrected chi connectivity index (χ2v) is 7.68. The van der Waals surface area contributed by atoms with E-state index in [1.165, 1.54) is 13.2 Å². The predicted molar refractivity (Wildman–Crippen MR) is 119 cm³/mol. The summed E-state index contributed by atoms with van der Waals surface area (Å²) in [5, 5.41) is 30.3. The maximum Gasteiger partial charge on any atom is 0.288 e. The Kier molecular flexibility index (Phi) is 7.01. The highest BCUT2D eigenvalue weighted by molar-refractivity contribution is 6.14. The topological polar surface area (TPSA) is 128 Å². The molecule has 172 valence electrons. The van der Waals surface area contributed by atoms with Crippen molar-refractivity contribution in [2.24, 2.45) is 0 Å². The number of nitrogens with zero attached hydrogens (tertiary/aromatic N) is 1. The molecule has 2 aromatic rings. The lowest BCUT2D eigenvalue weighted by molar-refractivity contribution is -0.385. The first-order chi connectivity index (χ1) is 15.7. The van der Waals surface area contributed by atoms with Crippen molar-refractivity contribution in [3.63, 3.8) is 0 Å². The summed E-state index contributed by atoms with van der Waals surface area (Å²) in [5.41, 5.74) is 0.0936. The lowest BCUT2D eigenvalue weighted by Gasteiger charge is -2.28. The Bertz CT molecular complexity index is 1190. The zero-order valence-corrected chi connectivity index (χ0v) is 18.4. The SMILES string of the molecule is COc1c2c(cc([N+](=O)[O-])c1C(=O)C#CCOc1ccc(CO)c(CO)c1)OC(C)(C)C=C2. The van der Waals surface area contributed by atoms with Gasteiger partial charge in [0, 0.05) is 0 Å². The van der Waals surface area contributed by atoms with Crippen LogP contribution in [0.4, 0.5) is 5.69 Å². The van der Waals surface area contributed by atoms with E-state index in [-0.39, 0.29) is 36.9 Å². The van der Waals surface area contributed by atoms with Crippen LogP contribution < -0.4 is 14.2 Å². The highest BCUT2D eigenvalue weighted by Gasteiger charge is 2.33. The van der Waals surface area contributed by atoms with Gasteiger partial charge in [0.15, 0.2) is 5.56 Å². The number of ether oxygens (including phenoxy) is 3. The molecule has 0 amide bonds. The Morgan fingerprint density at radius 3 is 2.58 bits per heavy atom. The number of ketones is 1. The summed E-state index contributed by atoms with van der Waals surface area (Å²) in [6.45, 7) is 2.94. The van der Waals surface area contributed by atoms with E-state index in [2.05, 4.69) is 11.8 Å². The molecule has 1 aliphatic rings. The molecule has 9 nitrogen and oxygen atoms in total. The number of benzene rings is 2. The summed E-state index contributed by atoms with van der Waals surface area (Å²) < 4.78 is 16.6. The second-order valence-electron chi connectivity index (χ2n) is 7.68. The van der Waals surface area contributed by atoms with E-state index in [0.29, 0.717) is 22.4 Å². The van der Waals surface area contributed by atoms with Gasteiger partial charge in [-0.15, -0.1) is 0 Å². The van der Waals surface area contributed by atoms with Crippen molar-refractivity contribution in [2.75, 3.05) is 13.7 Å². The molecule has 0 unspecified atom stereocenters. The van der Waals surface area contributed by atoms with E-state index in [9.17, 15) is 25.1 Å². The largest absolute Gasteiger partial charge is 0.495 e. The fourth-order valence-corrected chi connectivity index (χ4v) is 3.35. The van der Waals surface area contributed by atoms with Crippen molar-refractivity contribution in [2.45, 2.75) is 32.7 Å². The Morgan fingerprint density at radius 1 is 1.21 bits per heavy atom. The molecule has 0 spiro atoms. The maximum atomic E-state index is 12.8.